The number of nitrogens with one attached hydrogen (secondary N) is 1. The van der Waals surface area contributed by atoms with Crippen molar-refractivity contribution < 1.29 is 0 Å². The van der Waals surface area contributed by atoms with Crippen LogP contribution in [0.3, 0.4) is 0 Å². The summed E-state index contributed by atoms with van der Waals surface area (Å²) in [6, 6.07) is 12.3. The van der Waals surface area contributed by atoms with Crippen LogP contribution >= 0.6 is 39.1 Å². The van der Waals surface area contributed by atoms with Gasteiger partial charge in [0.15, 0.2) is 0 Å². The van der Waals surface area contributed by atoms with Gasteiger partial charge < -0.3 is 5.32 Å². The van der Waals surface area contributed by atoms with E-state index in [1.807, 2.05) is 25.1 Å². The third-order valence-corrected chi connectivity index (χ3v) is 4.59. The van der Waals surface area contributed by atoms with Crippen molar-refractivity contribution in [2.45, 2.75) is 26.3 Å². The topological polar surface area (TPSA) is 12.0 Å². The number of rotatable bonds is 5. The maximum Gasteiger partial charge on any atom is 0.0456 e. The zero-order valence-corrected chi connectivity index (χ0v) is 15.2. The van der Waals surface area contributed by atoms with Crippen LogP contribution in [0.2, 0.25) is 10.0 Å². The van der Waals surface area contributed by atoms with Gasteiger partial charge in [-0.3, -0.25) is 0 Å². The largest absolute Gasteiger partial charge is 0.310 e. The lowest BCUT2D eigenvalue weighted by Gasteiger charge is -2.21. The summed E-state index contributed by atoms with van der Waals surface area (Å²) < 4.78 is 0.990. The van der Waals surface area contributed by atoms with Gasteiger partial charge in [-0.2, -0.15) is 0 Å². The Morgan fingerprint density at radius 1 is 1.10 bits per heavy atom. The normalized spacial score (nSPS) is 12.4. The van der Waals surface area contributed by atoms with Gasteiger partial charge >= 0.3 is 0 Å². The van der Waals surface area contributed by atoms with Gasteiger partial charge in [0.25, 0.3) is 0 Å². The van der Waals surface area contributed by atoms with Gasteiger partial charge in [0, 0.05) is 20.6 Å². The monoisotopic (exact) mass is 385 g/mol. The number of halogens is 3. The molecule has 4 heteroatoms. The lowest BCUT2D eigenvalue weighted by molar-refractivity contribution is 0.550. The molecule has 0 fully saturated rings. The van der Waals surface area contributed by atoms with Gasteiger partial charge in [-0.1, -0.05) is 64.3 Å². The molecule has 1 N–H and O–H groups in total. The molecule has 1 atom stereocenters. The van der Waals surface area contributed by atoms with E-state index in [2.05, 4.69) is 46.4 Å². The first-order valence-corrected chi connectivity index (χ1v) is 8.49. The van der Waals surface area contributed by atoms with Gasteiger partial charge in [0.2, 0.25) is 0 Å². The molecule has 0 bridgehead atoms. The van der Waals surface area contributed by atoms with Crippen molar-refractivity contribution >= 4 is 39.1 Å². The van der Waals surface area contributed by atoms with Crippen LogP contribution in [-0.4, -0.2) is 6.54 Å². The van der Waals surface area contributed by atoms with Crippen molar-refractivity contribution in [2.24, 2.45) is 0 Å². The highest BCUT2D eigenvalue weighted by molar-refractivity contribution is 9.10. The first-order chi connectivity index (χ1) is 10.0. The number of benzene rings is 2. The Morgan fingerprint density at radius 2 is 1.86 bits per heavy atom. The summed E-state index contributed by atoms with van der Waals surface area (Å²) in [7, 11) is 0. The van der Waals surface area contributed by atoms with E-state index in [1.165, 1.54) is 5.56 Å². The molecule has 0 saturated carbocycles. The molecule has 0 amide bonds. The quantitative estimate of drug-likeness (QED) is 0.668. The Hall–Kier alpha value is -0.540. The molecule has 2 aromatic carbocycles. The maximum absolute atomic E-state index is 6.41. The molecule has 2 rings (SSSR count). The fourth-order valence-electron chi connectivity index (χ4n) is 2.36. The molecule has 0 aliphatic rings. The van der Waals surface area contributed by atoms with Crippen molar-refractivity contribution in [3.63, 3.8) is 0 Å². The molecule has 0 heterocycles. The number of aryl methyl sites for hydroxylation is 1. The molecular weight excluding hydrogens is 369 g/mol. The third-order valence-electron chi connectivity index (χ3n) is 3.42. The number of likely N-dealkylation sites (N-methyl/N-ethyl adjacent to an activating group) is 1. The summed E-state index contributed by atoms with van der Waals surface area (Å²) in [4.78, 5) is 0. The van der Waals surface area contributed by atoms with Gasteiger partial charge in [0.05, 0.1) is 0 Å². The van der Waals surface area contributed by atoms with Crippen LogP contribution in [0.1, 0.15) is 29.7 Å². The summed E-state index contributed by atoms with van der Waals surface area (Å²) in [6.45, 7) is 5.02. The van der Waals surface area contributed by atoms with Crippen molar-refractivity contribution in [1.82, 2.24) is 5.32 Å². The molecule has 1 unspecified atom stereocenters. The first-order valence-electron chi connectivity index (χ1n) is 6.94. The summed E-state index contributed by atoms with van der Waals surface area (Å²) in [5, 5.41) is 5.07. The van der Waals surface area contributed by atoms with Crippen molar-refractivity contribution in [3.05, 3.63) is 67.6 Å². The third kappa shape index (κ3) is 4.46. The Labute approximate surface area is 144 Å². The molecule has 0 aromatic heterocycles. The number of hydrogen-bond acceptors (Lipinski definition) is 1. The highest BCUT2D eigenvalue weighted by Gasteiger charge is 2.16. The summed E-state index contributed by atoms with van der Waals surface area (Å²) in [6.07, 6.45) is 0.808. The van der Waals surface area contributed by atoms with E-state index in [1.54, 1.807) is 0 Å². The zero-order valence-electron chi connectivity index (χ0n) is 12.1. The van der Waals surface area contributed by atoms with E-state index in [4.69, 9.17) is 23.2 Å². The van der Waals surface area contributed by atoms with E-state index in [0.717, 1.165) is 38.6 Å². The van der Waals surface area contributed by atoms with E-state index in [0.29, 0.717) is 0 Å². The fraction of sp³-hybridized carbons (Fsp3) is 0.294. The Kier molecular flexibility index (Phi) is 6.12. The molecule has 0 saturated heterocycles. The van der Waals surface area contributed by atoms with Gasteiger partial charge in [0.1, 0.15) is 0 Å². The molecular formula is C17H18BrCl2N. The minimum atomic E-state index is 0.154. The van der Waals surface area contributed by atoms with E-state index in [9.17, 15) is 0 Å². The second kappa shape index (κ2) is 7.64. The highest BCUT2D eigenvalue weighted by Crippen LogP contribution is 2.30. The molecule has 112 valence electrons. The van der Waals surface area contributed by atoms with E-state index in [-0.39, 0.29) is 6.04 Å². The smallest absolute Gasteiger partial charge is 0.0456 e. The second-order valence-corrected chi connectivity index (χ2v) is 6.81. The molecule has 0 aliphatic carbocycles. The second-order valence-electron chi connectivity index (χ2n) is 5.08. The number of hydrogen-bond donors (Lipinski definition) is 1. The van der Waals surface area contributed by atoms with Crippen LogP contribution in [0, 0.1) is 6.92 Å². The molecule has 0 aliphatic heterocycles. The van der Waals surface area contributed by atoms with Crippen molar-refractivity contribution in [3.8, 4) is 0 Å². The van der Waals surface area contributed by atoms with Crippen LogP contribution in [0.15, 0.2) is 40.9 Å². The van der Waals surface area contributed by atoms with E-state index >= 15 is 0 Å². The average molecular weight is 387 g/mol. The molecule has 2 aromatic rings. The van der Waals surface area contributed by atoms with E-state index < -0.39 is 0 Å². The Bertz CT molecular complexity index is 628. The zero-order chi connectivity index (χ0) is 15.4. The molecule has 0 radical (unpaired) electrons. The standard InChI is InChI=1S/C17H18BrCl2N/c1-3-21-17(14-7-4-11(2)8-16(14)20)9-12-5-6-13(18)10-15(12)19/h4-8,10,17,21H,3,9H2,1-2H3. The molecule has 21 heavy (non-hydrogen) atoms. The van der Waals surface area contributed by atoms with Gasteiger partial charge in [-0.25, -0.2) is 0 Å². The SMILES string of the molecule is CCNC(Cc1ccc(Br)cc1Cl)c1ccc(C)cc1Cl. The van der Waals surface area contributed by atoms with Gasteiger partial charge in [-0.05, 0) is 54.8 Å². The van der Waals surface area contributed by atoms with Crippen LogP contribution < -0.4 is 5.32 Å². The van der Waals surface area contributed by atoms with Crippen molar-refractivity contribution in [2.75, 3.05) is 6.54 Å². The lowest BCUT2D eigenvalue weighted by atomic mass is 9.98. The van der Waals surface area contributed by atoms with Crippen LogP contribution in [0.5, 0.6) is 0 Å². The van der Waals surface area contributed by atoms with Crippen LogP contribution in [0.4, 0.5) is 0 Å². The predicted molar refractivity (Wildman–Crippen MR) is 95.5 cm³/mol. The van der Waals surface area contributed by atoms with Gasteiger partial charge in [-0.15, -0.1) is 0 Å². The minimum Gasteiger partial charge on any atom is -0.310 e. The lowest BCUT2D eigenvalue weighted by Crippen LogP contribution is -2.23. The fourth-order valence-corrected chi connectivity index (χ4v) is 3.48. The summed E-state index contributed by atoms with van der Waals surface area (Å²) in [5.74, 6) is 0. The highest BCUT2D eigenvalue weighted by atomic mass is 79.9. The predicted octanol–water partition coefficient (Wildman–Crippen LogP) is 5.96. The molecule has 1 nitrogen and oxygen atoms in total. The minimum absolute atomic E-state index is 0.154. The first kappa shape index (κ1) is 16.8. The van der Waals surface area contributed by atoms with Crippen molar-refractivity contribution in [1.29, 1.82) is 0 Å². The average Bonchev–Trinajstić information content (AvgIpc) is 2.41. The summed E-state index contributed by atoms with van der Waals surface area (Å²) >= 11 is 16.2. The Balaban J connectivity index is 2.30. The maximum atomic E-state index is 6.41. The summed E-state index contributed by atoms with van der Waals surface area (Å²) in [5.41, 5.74) is 3.39. The van der Waals surface area contributed by atoms with Crippen LogP contribution in [-0.2, 0) is 6.42 Å². The molecule has 0 spiro atoms. The van der Waals surface area contributed by atoms with Crippen LogP contribution in [0.25, 0.3) is 0 Å². The Morgan fingerprint density at radius 3 is 2.48 bits per heavy atom.